The van der Waals surface area contributed by atoms with Gasteiger partial charge >= 0.3 is 0 Å². The van der Waals surface area contributed by atoms with Gasteiger partial charge in [0.1, 0.15) is 12.2 Å². The van der Waals surface area contributed by atoms with Crippen LogP contribution in [0.1, 0.15) is 19.3 Å². The summed E-state index contributed by atoms with van der Waals surface area (Å²) in [5.74, 6) is 2.20. The van der Waals surface area contributed by atoms with Crippen molar-refractivity contribution in [2.24, 2.45) is 0 Å². The molecule has 0 unspecified atom stereocenters. The molecule has 2 N–H and O–H groups in total. The van der Waals surface area contributed by atoms with Crippen LogP contribution in [0.15, 0.2) is 36.7 Å². The molecule has 1 aliphatic rings. The minimum atomic E-state index is -2.51. The number of rotatable bonds is 7. The number of benzene rings is 1. The lowest BCUT2D eigenvalue weighted by molar-refractivity contribution is 0.397. The lowest BCUT2D eigenvalue weighted by Gasteiger charge is -2.27. The first-order chi connectivity index (χ1) is 15.8. The van der Waals surface area contributed by atoms with Gasteiger partial charge in [-0.15, -0.1) is 0 Å². The molecule has 0 aliphatic carbocycles. The van der Waals surface area contributed by atoms with Gasteiger partial charge in [-0.3, -0.25) is 0 Å². The lowest BCUT2D eigenvalue weighted by atomic mass is 10.1. The zero-order valence-electron chi connectivity index (χ0n) is 18.9. The molecule has 1 aliphatic heterocycles. The first-order valence-corrected chi connectivity index (χ1v) is 13.7. The molecule has 0 radical (unpaired) electrons. The van der Waals surface area contributed by atoms with Gasteiger partial charge in [0.05, 0.1) is 25.2 Å². The number of nitrogens with one attached hydrogen (secondary N) is 2. The van der Waals surface area contributed by atoms with E-state index >= 15 is 0 Å². The summed E-state index contributed by atoms with van der Waals surface area (Å²) in [7, 11) is -0.954. The third-order valence-corrected chi connectivity index (χ3v) is 7.14. The van der Waals surface area contributed by atoms with Gasteiger partial charge in [-0.05, 0) is 44.7 Å². The molecule has 0 bridgehead atoms. The topological polar surface area (TPSA) is 105 Å². The van der Waals surface area contributed by atoms with Crippen molar-refractivity contribution in [2.75, 3.05) is 49.1 Å². The Kier molecular flexibility index (Phi) is 7.00. The molecule has 1 aromatic carbocycles. The molecule has 0 spiro atoms. The number of anilines is 5. The number of hydrogen-bond acceptors (Lipinski definition) is 9. The van der Waals surface area contributed by atoms with Crippen molar-refractivity contribution in [3.8, 4) is 5.88 Å². The number of piperidine rings is 1. The molecule has 2 aromatic heterocycles. The fourth-order valence-electron chi connectivity index (χ4n) is 3.66. The molecule has 1 saturated heterocycles. The van der Waals surface area contributed by atoms with Crippen molar-refractivity contribution in [3.63, 3.8) is 0 Å². The molecule has 0 saturated carbocycles. The van der Waals surface area contributed by atoms with Crippen LogP contribution in [-0.2, 0) is 4.57 Å². The normalized spacial score (nSPS) is 14.1. The molecule has 3 heterocycles. The van der Waals surface area contributed by atoms with E-state index in [1.165, 1.54) is 12.6 Å². The van der Waals surface area contributed by atoms with Gasteiger partial charge in [-0.1, -0.05) is 23.7 Å². The van der Waals surface area contributed by atoms with E-state index in [-0.39, 0.29) is 5.95 Å². The van der Waals surface area contributed by atoms with Crippen molar-refractivity contribution >= 4 is 53.1 Å². The summed E-state index contributed by atoms with van der Waals surface area (Å²) in [6, 6.07) is 7.39. The highest BCUT2D eigenvalue weighted by atomic mass is 35.5. The third kappa shape index (κ3) is 5.54. The van der Waals surface area contributed by atoms with E-state index in [9.17, 15) is 4.57 Å². The summed E-state index contributed by atoms with van der Waals surface area (Å²) in [6.45, 7) is 5.37. The number of methoxy groups -OCH3 is 1. The van der Waals surface area contributed by atoms with Crippen LogP contribution < -0.4 is 25.6 Å². The van der Waals surface area contributed by atoms with E-state index in [0.29, 0.717) is 28.2 Å². The van der Waals surface area contributed by atoms with Crippen LogP contribution in [0.3, 0.4) is 0 Å². The Balaban J connectivity index is 1.58. The van der Waals surface area contributed by atoms with E-state index in [4.69, 9.17) is 16.3 Å². The van der Waals surface area contributed by atoms with Gasteiger partial charge in [-0.25, -0.2) is 9.97 Å². The van der Waals surface area contributed by atoms with E-state index in [2.05, 4.69) is 35.5 Å². The summed E-state index contributed by atoms with van der Waals surface area (Å²) in [5.41, 5.74) is 0.681. The van der Waals surface area contributed by atoms with Crippen LogP contribution in [0.25, 0.3) is 0 Å². The Morgan fingerprint density at radius 1 is 1.00 bits per heavy atom. The van der Waals surface area contributed by atoms with Gasteiger partial charge in [0, 0.05) is 18.4 Å². The predicted molar refractivity (Wildman–Crippen MR) is 134 cm³/mol. The van der Waals surface area contributed by atoms with Gasteiger partial charge < -0.3 is 24.8 Å². The van der Waals surface area contributed by atoms with E-state index in [0.717, 1.165) is 37.1 Å². The number of halogens is 1. The zero-order chi connectivity index (χ0) is 23.4. The molecule has 1 fully saturated rings. The van der Waals surface area contributed by atoms with Crippen molar-refractivity contribution in [2.45, 2.75) is 19.3 Å². The van der Waals surface area contributed by atoms with Crippen molar-refractivity contribution in [3.05, 3.63) is 41.7 Å². The monoisotopic (exact) mass is 487 g/mol. The summed E-state index contributed by atoms with van der Waals surface area (Å²) < 4.78 is 18.1. The maximum Gasteiger partial charge on any atom is 0.259 e. The van der Waals surface area contributed by atoms with E-state index in [1.807, 2.05) is 24.3 Å². The summed E-state index contributed by atoms with van der Waals surface area (Å²) in [4.78, 5) is 20.0. The highest BCUT2D eigenvalue weighted by Crippen LogP contribution is 2.38. The van der Waals surface area contributed by atoms with Crippen molar-refractivity contribution in [1.82, 2.24) is 19.9 Å². The number of aromatic nitrogens is 4. The van der Waals surface area contributed by atoms with Gasteiger partial charge in [0.2, 0.25) is 5.95 Å². The number of ether oxygens (including phenoxy) is 1. The minimum Gasteiger partial charge on any atom is -0.478 e. The van der Waals surface area contributed by atoms with Crippen LogP contribution in [0.2, 0.25) is 5.02 Å². The number of hydrogen-bond donors (Lipinski definition) is 2. The van der Waals surface area contributed by atoms with E-state index in [1.54, 1.807) is 26.6 Å². The molecule has 11 heteroatoms. The van der Waals surface area contributed by atoms with Crippen LogP contribution in [0, 0.1) is 0 Å². The second kappa shape index (κ2) is 9.93. The average Bonchev–Trinajstić information content (AvgIpc) is 2.81. The summed E-state index contributed by atoms with van der Waals surface area (Å²) >= 11 is 6.34. The number of nitrogens with zero attached hydrogens (tertiary/aromatic N) is 5. The first kappa shape index (κ1) is 23.3. The maximum absolute atomic E-state index is 12.7. The molecule has 9 nitrogen and oxygen atoms in total. The number of para-hydroxylation sites is 1. The molecule has 174 valence electrons. The SMILES string of the molecule is COc1nc(N2CCCCC2)cnc1Nc1ncc(Cl)c(Nc2ccccc2P(C)(C)=O)n1. The van der Waals surface area contributed by atoms with Crippen LogP contribution in [-0.4, -0.2) is 53.5 Å². The van der Waals surface area contributed by atoms with Crippen LogP contribution >= 0.6 is 18.7 Å². The average molecular weight is 488 g/mol. The fraction of sp³-hybridized carbons (Fsp3) is 0.364. The molecule has 3 aromatic rings. The molecular formula is C22H27ClN7O2P. The zero-order valence-corrected chi connectivity index (χ0v) is 20.5. The Labute approximate surface area is 198 Å². The molecular weight excluding hydrogens is 461 g/mol. The molecule has 0 atom stereocenters. The van der Waals surface area contributed by atoms with Crippen molar-refractivity contribution in [1.29, 1.82) is 0 Å². The van der Waals surface area contributed by atoms with E-state index < -0.39 is 7.14 Å². The minimum absolute atomic E-state index is 0.272. The lowest BCUT2D eigenvalue weighted by Crippen LogP contribution is -2.30. The smallest absolute Gasteiger partial charge is 0.259 e. The fourth-order valence-corrected chi connectivity index (χ4v) is 4.96. The quantitative estimate of drug-likeness (QED) is 0.460. The second-order valence-corrected chi connectivity index (χ2v) is 11.7. The summed E-state index contributed by atoms with van der Waals surface area (Å²) in [6.07, 6.45) is 6.74. The highest BCUT2D eigenvalue weighted by molar-refractivity contribution is 7.70. The second-order valence-electron chi connectivity index (χ2n) is 8.14. The molecule has 33 heavy (non-hydrogen) atoms. The standard InChI is InChI=1S/C22H27ClN7O2P/c1-32-21-20(24-14-18(27-21)30-11-7-4-8-12-30)29-22-25-13-15(23)19(28-22)26-16-9-5-6-10-17(16)33(2,3)31/h5-6,9-10,13-14H,4,7-8,11-12H2,1-3H3,(H2,24,25,26,28,29). The van der Waals surface area contributed by atoms with Crippen LogP contribution in [0.5, 0.6) is 5.88 Å². The maximum atomic E-state index is 12.7. The summed E-state index contributed by atoms with van der Waals surface area (Å²) in [5, 5.41) is 7.29. The van der Waals surface area contributed by atoms with Crippen molar-refractivity contribution < 1.29 is 9.30 Å². The first-order valence-electron chi connectivity index (χ1n) is 10.7. The largest absolute Gasteiger partial charge is 0.478 e. The van der Waals surface area contributed by atoms with Gasteiger partial charge in [0.25, 0.3) is 5.88 Å². The highest BCUT2D eigenvalue weighted by Gasteiger charge is 2.19. The predicted octanol–water partition coefficient (Wildman–Crippen LogP) is 4.65. The van der Waals surface area contributed by atoms with Crippen LogP contribution in [0.4, 0.5) is 29.1 Å². The van der Waals surface area contributed by atoms with Gasteiger partial charge in [0.15, 0.2) is 17.5 Å². The Morgan fingerprint density at radius 2 is 1.76 bits per heavy atom. The molecule has 4 rings (SSSR count). The third-order valence-electron chi connectivity index (χ3n) is 5.31. The van der Waals surface area contributed by atoms with Gasteiger partial charge in [-0.2, -0.15) is 9.97 Å². The Bertz CT molecular complexity index is 1180. The molecule has 0 amide bonds. The Hall–Kier alpha value is -2.90. The Morgan fingerprint density at radius 3 is 2.48 bits per heavy atom.